The lowest BCUT2D eigenvalue weighted by Gasteiger charge is -2.35. The van der Waals surface area contributed by atoms with Gasteiger partial charge in [0, 0.05) is 37.4 Å². The maximum atomic E-state index is 12.8. The highest BCUT2D eigenvalue weighted by atomic mass is 32.2. The van der Waals surface area contributed by atoms with Crippen LogP contribution in [-0.4, -0.2) is 73.2 Å². The fourth-order valence-corrected chi connectivity index (χ4v) is 4.26. The molecule has 0 spiro atoms. The van der Waals surface area contributed by atoms with Crippen LogP contribution in [0.15, 0.2) is 48.5 Å². The number of carbonyl (C=O) groups excluding carboxylic acids is 2. The first kappa shape index (κ1) is 21.3. The maximum absolute atomic E-state index is 12.8. The van der Waals surface area contributed by atoms with Crippen LogP contribution in [-0.2, 0) is 14.8 Å². The van der Waals surface area contributed by atoms with Crippen molar-refractivity contribution in [1.82, 2.24) is 9.80 Å². The minimum absolute atomic E-state index is 0.101. The Morgan fingerprint density at radius 1 is 0.935 bits per heavy atom. The van der Waals surface area contributed by atoms with Gasteiger partial charge < -0.3 is 14.9 Å². The van der Waals surface area contributed by atoms with Crippen molar-refractivity contribution in [3.05, 3.63) is 54.1 Å². The Morgan fingerprint density at radius 3 is 2.13 bits per heavy atom. The Balaban J connectivity index is 1.40. The number of rotatable bonds is 5. The SMILES string of the molecule is CS(=O)(=O)Nc1cccc(-c2ccc(C(=O)N3CCN(C(=O)C4(O)CC4)CC3)cc2)c1. The van der Waals surface area contributed by atoms with E-state index in [1.54, 1.807) is 40.1 Å². The van der Waals surface area contributed by atoms with Gasteiger partial charge in [-0.05, 0) is 48.2 Å². The fourth-order valence-electron chi connectivity index (χ4n) is 3.70. The van der Waals surface area contributed by atoms with Gasteiger partial charge in [0.1, 0.15) is 5.60 Å². The van der Waals surface area contributed by atoms with E-state index >= 15 is 0 Å². The summed E-state index contributed by atoms with van der Waals surface area (Å²) >= 11 is 0. The molecule has 1 saturated carbocycles. The van der Waals surface area contributed by atoms with Gasteiger partial charge in [0.15, 0.2) is 0 Å². The zero-order valence-corrected chi connectivity index (χ0v) is 18.1. The Kier molecular flexibility index (Phi) is 5.49. The van der Waals surface area contributed by atoms with E-state index in [1.165, 1.54) is 0 Å². The van der Waals surface area contributed by atoms with Crippen molar-refractivity contribution < 1.29 is 23.1 Å². The first-order valence-corrected chi connectivity index (χ1v) is 12.0. The van der Waals surface area contributed by atoms with Gasteiger partial charge >= 0.3 is 0 Å². The summed E-state index contributed by atoms with van der Waals surface area (Å²) in [5.41, 5.74) is 1.55. The molecule has 1 aliphatic heterocycles. The summed E-state index contributed by atoms with van der Waals surface area (Å²) in [7, 11) is -3.36. The molecule has 2 aliphatic rings. The molecule has 2 fully saturated rings. The highest BCUT2D eigenvalue weighted by Crippen LogP contribution is 2.37. The van der Waals surface area contributed by atoms with E-state index in [4.69, 9.17) is 0 Å². The monoisotopic (exact) mass is 443 g/mol. The molecule has 0 aromatic heterocycles. The van der Waals surface area contributed by atoms with Gasteiger partial charge in [-0.2, -0.15) is 0 Å². The van der Waals surface area contributed by atoms with Crippen LogP contribution in [0.1, 0.15) is 23.2 Å². The van der Waals surface area contributed by atoms with Crippen molar-refractivity contribution >= 4 is 27.5 Å². The summed E-state index contributed by atoms with van der Waals surface area (Å²) < 4.78 is 25.3. The van der Waals surface area contributed by atoms with Crippen LogP contribution < -0.4 is 4.72 Å². The second-order valence-electron chi connectivity index (χ2n) is 8.15. The highest BCUT2D eigenvalue weighted by molar-refractivity contribution is 7.92. The van der Waals surface area contributed by atoms with E-state index in [0.717, 1.165) is 17.4 Å². The molecule has 0 atom stereocenters. The summed E-state index contributed by atoms with van der Waals surface area (Å²) in [6, 6.07) is 14.2. The van der Waals surface area contributed by atoms with E-state index in [-0.39, 0.29) is 11.8 Å². The van der Waals surface area contributed by atoms with Crippen LogP contribution >= 0.6 is 0 Å². The molecule has 8 nitrogen and oxygen atoms in total. The maximum Gasteiger partial charge on any atom is 0.254 e. The second kappa shape index (κ2) is 7.97. The van der Waals surface area contributed by atoms with E-state index in [1.807, 2.05) is 18.2 Å². The standard InChI is InChI=1S/C22H25N3O5S/c1-31(29,30)23-19-4-2-3-18(15-19)16-5-7-17(8-6-16)20(26)24-11-13-25(14-12-24)21(27)22(28)9-10-22/h2-8,15,23,28H,9-14H2,1H3. The molecule has 1 aliphatic carbocycles. The van der Waals surface area contributed by atoms with Crippen molar-refractivity contribution in [2.75, 3.05) is 37.2 Å². The molecule has 2 amide bonds. The fraction of sp³-hybridized carbons (Fsp3) is 0.364. The van der Waals surface area contributed by atoms with Gasteiger partial charge in [-0.3, -0.25) is 14.3 Å². The number of carbonyl (C=O) groups is 2. The normalized spacial score (nSPS) is 17.9. The molecular weight excluding hydrogens is 418 g/mol. The van der Waals surface area contributed by atoms with Gasteiger partial charge in [0.2, 0.25) is 10.0 Å². The van der Waals surface area contributed by atoms with Crippen LogP contribution in [0.25, 0.3) is 11.1 Å². The summed E-state index contributed by atoms with van der Waals surface area (Å²) in [5.74, 6) is -0.326. The first-order valence-electron chi connectivity index (χ1n) is 10.1. The molecule has 1 heterocycles. The molecular formula is C22H25N3O5S. The minimum atomic E-state index is -3.36. The Hall–Kier alpha value is -2.91. The molecule has 4 rings (SSSR count). The summed E-state index contributed by atoms with van der Waals surface area (Å²) in [5, 5.41) is 9.99. The number of hydrogen-bond donors (Lipinski definition) is 2. The Bertz CT molecular complexity index is 1100. The smallest absolute Gasteiger partial charge is 0.254 e. The molecule has 164 valence electrons. The van der Waals surface area contributed by atoms with E-state index in [2.05, 4.69) is 4.72 Å². The first-order chi connectivity index (χ1) is 14.6. The number of hydrogen-bond acceptors (Lipinski definition) is 5. The van der Waals surface area contributed by atoms with E-state index < -0.39 is 15.6 Å². The van der Waals surface area contributed by atoms with Gasteiger partial charge in [-0.15, -0.1) is 0 Å². The van der Waals surface area contributed by atoms with Crippen molar-refractivity contribution in [2.45, 2.75) is 18.4 Å². The van der Waals surface area contributed by atoms with Gasteiger partial charge in [0.25, 0.3) is 11.8 Å². The summed E-state index contributed by atoms with van der Waals surface area (Å²) in [4.78, 5) is 28.4. The number of benzene rings is 2. The number of amides is 2. The Labute approximate surface area is 181 Å². The lowest BCUT2D eigenvalue weighted by molar-refractivity contribution is -0.143. The zero-order valence-electron chi connectivity index (χ0n) is 17.2. The topological polar surface area (TPSA) is 107 Å². The lowest BCUT2D eigenvalue weighted by Crippen LogP contribution is -2.53. The molecule has 0 radical (unpaired) electrons. The number of aliphatic hydroxyl groups is 1. The zero-order chi connectivity index (χ0) is 22.2. The number of piperazine rings is 1. The number of nitrogens with zero attached hydrogens (tertiary/aromatic N) is 2. The quantitative estimate of drug-likeness (QED) is 0.729. The minimum Gasteiger partial charge on any atom is -0.380 e. The van der Waals surface area contributed by atoms with Crippen molar-refractivity contribution in [2.24, 2.45) is 0 Å². The van der Waals surface area contributed by atoms with Crippen LogP contribution in [0.2, 0.25) is 0 Å². The van der Waals surface area contributed by atoms with Crippen LogP contribution in [0.4, 0.5) is 5.69 Å². The highest BCUT2D eigenvalue weighted by Gasteiger charge is 2.50. The molecule has 0 unspecified atom stereocenters. The average Bonchev–Trinajstić information content (AvgIpc) is 3.50. The molecule has 0 bridgehead atoms. The van der Waals surface area contributed by atoms with Gasteiger partial charge in [-0.25, -0.2) is 8.42 Å². The number of nitrogens with one attached hydrogen (secondary N) is 1. The van der Waals surface area contributed by atoms with Crippen LogP contribution in [0.5, 0.6) is 0 Å². The molecule has 2 aromatic carbocycles. The largest absolute Gasteiger partial charge is 0.380 e. The van der Waals surface area contributed by atoms with Gasteiger partial charge in [-0.1, -0.05) is 24.3 Å². The van der Waals surface area contributed by atoms with Crippen LogP contribution in [0, 0.1) is 0 Å². The summed E-state index contributed by atoms with van der Waals surface area (Å²) in [6.07, 6.45) is 2.14. The average molecular weight is 444 g/mol. The Morgan fingerprint density at radius 2 is 1.55 bits per heavy atom. The van der Waals surface area contributed by atoms with Crippen LogP contribution in [0.3, 0.4) is 0 Å². The van der Waals surface area contributed by atoms with Crippen molar-refractivity contribution in [1.29, 1.82) is 0 Å². The number of sulfonamides is 1. The van der Waals surface area contributed by atoms with Gasteiger partial charge in [0.05, 0.1) is 6.26 Å². The third-order valence-corrected chi connectivity index (χ3v) is 6.21. The van der Waals surface area contributed by atoms with Crippen molar-refractivity contribution in [3.63, 3.8) is 0 Å². The predicted molar refractivity (Wildman–Crippen MR) is 117 cm³/mol. The molecule has 2 aromatic rings. The summed E-state index contributed by atoms with van der Waals surface area (Å²) in [6.45, 7) is 1.71. The third kappa shape index (κ3) is 4.88. The predicted octanol–water partition coefficient (Wildman–Crippen LogP) is 1.53. The third-order valence-electron chi connectivity index (χ3n) is 5.61. The van der Waals surface area contributed by atoms with E-state index in [0.29, 0.717) is 50.3 Å². The second-order valence-corrected chi connectivity index (χ2v) is 9.90. The lowest BCUT2D eigenvalue weighted by atomic mass is 10.0. The molecule has 31 heavy (non-hydrogen) atoms. The van der Waals surface area contributed by atoms with E-state index in [9.17, 15) is 23.1 Å². The number of anilines is 1. The molecule has 1 saturated heterocycles. The molecule has 9 heteroatoms. The molecule has 2 N–H and O–H groups in total. The van der Waals surface area contributed by atoms with Crippen molar-refractivity contribution in [3.8, 4) is 11.1 Å².